The predicted molar refractivity (Wildman–Crippen MR) is 85.8 cm³/mol. The van der Waals surface area contributed by atoms with Crippen LogP contribution < -0.4 is 15.4 Å². The number of aliphatic imine (C=N–C) groups is 1. The molecule has 2 N–H and O–H groups in total. The van der Waals surface area contributed by atoms with Crippen LogP contribution in [0.1, 0.15) is 6.42 Å². The Balaban J connectivity index is 2.06. The number of methoxy groups -OCH3 is 1. The van der Waals surface area contributed by atoms with Gasteiger partial charge in [0, 0.05) is 19.5 Å². The topological polar surface area (TPSA) is 123 Å². The molecule has 0 aliphatic carbocycles. The predicted octanol–water partition coefficient (Wildman–Crippen LogP) is 1.15. The number of nitro benzene ring substituents is 1. The number of ether oxygens (including phenoxy) is 1. The third kappa shape index (κ3) is 3.97. The lowest BCUT2D eigenvalue weighted by molar-refractivity contribution is -0.384. The molecule has 0 saturated carbocycles. The molecule has 9 nitrogen and oxygen atoms in total. The molecular weight excluding hydrogens is 324 g/mol. The lowest BCUT2D eigenvalue weighted by atomic mass is 10.2. The highest BCUT2D eigenvalue weighted by molar-refractivity contribution is 8.15. The van der Waals surface area contributed by atoms with Gasteiger partial charge < -0.3 is 15.4 Å². The van der Waals surface area contributed by atoms with Gasteiger partial charge in [0.15, 0.2) is 5.17 Å². The highest BCUT2D eigenvalue weighted by Crippen LogP contribution is 2.30. The van der Waals surface area contributed by atoms with E-state index in [-0.39, 0.29) is 23.8 Å². The molecule has 0 spiro atoms. The number of non-ortho nitro benzene ring substituents is 1. The molecule has 0 bridgehead atoms. The van der Waals surface area contributed by atoms with Gasteiger partial charge in [0.25, 0.3) is 5.69 Å². The summed E-state index contributed by atoms with van der Waals surface area (Å²) in [4.78, 5) is 37.8. The highest BCUT2D eigenvalue weighted by Gasteiger charge is 2.31. The number of thioether (sulfide) groups is 1. The van der Waals surface area contributed by atoms with Crippen LogP contribution in [-0.2, 0) is 9.59 Å². The summed E-state index contributed by atoms with van der Waals surface area (Å²) in [6, 6.07) is 3.86. The molecule has 1 fully saturated rings. The number of rotatable bonds is 5. The van der Waals surface area contributed by atoms with Crippen molar-refractivity contribution < 1.29 is 19.2 Å². The summed E-state index contributed by atoms with van der Waals surface area (Å²) in [5, 5.41) is 15.8. The van der Waals surface area contributed by atoms with Crippen LogP contribution in [0.15, 0.2) is 23.2 Å². The number of amidine groups is 1. The van der Waals surface area contributed by atoms with Gasteiger partial charge in [-0.1, -0.05) is 11.8 Å². The number of carbonyl (C=O) groups is 2. The lowest BCUT2D eigenvalue weighted by Gasteiger charge is -2.11. The van der Waals surface area contributed by atoms with E-state index in [1.165, 1.54) is 37.1 Å². The van der Waals surface area contributed by atoms with E-state index in [2.05, 4.69) is 15.6 Å². The summed E-state index contributed by atoms with van der Waals surface area (Å²) in [7, 11) is 2.89. The number of nitrogens with zero attached hydrogens (tertiary/aromatic N) is 2. The Bertz CT molecular complexity index is 691. The summed E-state index contributed by atoms with van der Waals surface area (Å²) < 4.78 is 5.04. The van der Waals surface area contributed by atoms with Crippen molar-refractivity contribution in [2.75, 3.05) is 19.5 Å². The molecule has 1 aliphatic heterocycles. The number of benzene rings is 1. The summed E-state index contributed by atoms with van der Waals surface area (Å²) in [6.07, 6.45) is -0.0460. The number of carbonyl (C=O) groups excluding carboxylic acids is 2. The van der Waals surface area contributed by atoms with Crippen molar-refractivity contribution in [3.05, 3.63) is 28.3 Å². The summed E-state index contributed by atoms with van der Waals surface area (Å²) in [6.45, 7) is 0. The largest absolute Gasteiger partial charge is 0.494 e. The molecule has 1 aromatic rings. The van der Waals surface area contributed by atoms with Gasteiger partial charge in [-0.25, -0.2) is 0 Å². The third-order valence-corrected chi connectivity index (χ3v) is 4.19. The van der Waals surface area contributed by atoms with E-state index in [0.29, 0.717) is 10.9 Å². The van der Waals surface area contributed by atoms with Gasteiger partial charge in [0.2, 0.25) is 11.8 Å². The molecule has 1 aromatic carbocycles. The van der Waals surface area contributed by atoms with Gasteiger partial charge in [0.1, 0.15) is 11.0 Å². The monoisotopic (exact) mass is 338 g/mol. The molecular formula is C13H14N4O5S. The Morgan fingerprint density at radius 1 is 1.57 bits per heavy atom. The fourth-order valence-electron chi connectivity index (χ4n) is 1.91. The van der Waals surface area contributed by atoms with E-state index in [1.54, 1.807) is 7.05 Å². The second-order valence-corrected chi connectivity index (χ2v) is 5.71. The van der Waals surface area contributed by atoms with Crippen LogP contribution in [0.4, 0.5) is 11.4 Å². The Labute approximate surface area is 135 Å². The minimum absolute atomic E-state index is 0.0460. The molecule has 0 aromatic heterocycles. The Morgan fingerprint density at radius 3 is 2.87 bits per heavy atom. The van der Waals surface area contributed by atoms with Crippen molar-refractivity contribution in [2.24, 2.45) is 4.99 Å². The van der Waals surface area contributed by atoms with Crippen LogP contribution in [0, 0.1) is 10.1 Å². The zero-order valence-corrected chi connectivity index (χ0v) is 13.2. The molecule has 1 aliphatic rings. The Kier molecular flexibility index (Phi) is 5.16. The molecule has 10 heteroatoms. The SMILES string of the molecule is CN=C1NC(=O)[C@@H](CC(=O)Nc2ccc([N+](=O)[O-])cc2OC)S1. The van der Waals surface area contributed by atoms with Crippen LogP contribution in [-0.4, -0.2) is 41.3 Å². The first-order valence-electron chi connectivity index (χ1n) is 6.51. The fourth-order valence-corrected chi connectivity index (χ4v) is 2.85. The smallest absolute Gasteiger partial charge is 0.273 e. The van der Waals surface area contributed by atoms with Gasteiger partial charge in [-0.3, -0.25) is 24.7 Å². The van der Waals surface area contributed by atoms with Gasteiger partial charge in [-0.05, 0) is 6.07 Å². The highest BCUT2D eigenvalue weighted by atomic mass is 32.2. The second kappa shape index (κ2) is 7.09. The average molecular weight is 338 g/mol. The zero-order valence-electron chi connectivity index (χ0n) is 12.4. The minimum atomic E-state index is -0.558. The van der Waals surface area contributed by atoms with E-state index in [1.807, 2.05) is 0 Å². The van der Waals surface area contributed by atoms with Crippen molar-refractivity contribution in [1.82, 2.24) is 5.32 Å². The number of amides is 2. The fraction of sp³-hybridized carbons (Fsp3) is 0.308. The quantitative estimate of drug-likeness (QED) is 0.613. The van der Waals surface area contributed by atoms with Crippen LogP contribution in [0.25, 0.3) is 0 Å². The number of nitrogens with one attached hydrogen (secondary N) is 2. The number of anilines is 1. The van der Waals surface area contributed by atoms with Crippen molar-refractivity contribution in [2.45, 2.75) is 11.7 Å². The first kappa shape index (κ1) is 16.7. The molecule has 122 valence electrons. The van der Waals surface area contributed by atoms with Crippen LogP contribution in [0.5, 0.6) is 5.75 Å². The van der Waals surface area contributed by atoms with Crippen LogP contribution in [0.2, 0.25) is 0 Å². The van der Waals surface area contributed by atoms with E-state index < -0.39 is 16.1 Å². The molecule has 1 heterocycles. The first-order chi connectivity index (χ1) is 10.9. The number of hydrogen-bond donors (Lipinski definition) is 2. The summed E-state index contributed by atoms with van der Waals surface area (Å²) >= 11 is 1.18. The number of nitro groups is 1. The van der Waals surface area contributed by atoms with E-state index in [4.69, 9.17) is 4.74 Å². The summed E-state index contributed by atoms with van der Waals surface area (Å²) in [5.41, 5.74) is 0.158. The van der Waals surface area contributed by atoms with Gasteiger partial charge in [-0.15, -0.1) is 0 Å². The van der Waals surface area contributed by atoms with Gasteiger partial charge in [-0.2, -0.15) is 0 Å². The maximum absolute atomic E-state index is 12.1. The van der Waals surface area contributed by atoms with Crippen molar-refractivity contribution in [3.63, 3.8) is 0 Å². The second-order valence-electron chi connectivity index (χ2n) is 4.52. The molecule has 2 amide bonds. The van der Waals surface area contributed by atoms with E-state index in [9.17, 15) is 19.7 Å². The Hall–Kier alpha value is -2.62. The van der Waals surface area contributed by atoms with Crippen molar-refractivity contribution >= 4 is 40.1 Å². The minimum Gasteiger partial charge on any atom is -0.494 e. The molecule has 23 heavy (non-hydrogen) atoms. The molecule has 0 radical (unpaired) electrons. The van der Waals surface area contributed by atoms with Crippen molar-refractivity contribution in [1.29, 1.82) is 0 Å². The molecule has 1 saturated heterocycles. The Morgan fingerprint density at radius 2 is 2.30 bits per heavy atom. The first-order valence-corrected chi connectivity index (χ1v) is 7.39. The van der Waals surface area contributed by atoms with Crippen LogP contribution in [0.3, 0.4) is 0 Å². The van der Waals surface area contributed by atoms with Gasteiger partial charge >= 0.3 is 0 Å². The number of hydrogen-bond acceptors (Lipinski definition) is 7. The lowest BCUT2D eigenvalue weighted by Crippen LogP contribution is -2.28. The molecule has 0 unspecified atom stereocenters. The molecule has 2 rings (SSSR count). The average Bonchev–Trinajstić information content (AvgIpc) is 2.87. The van der Waals surface area contributed by atoms with E-state index in [0.717, 1.165) is 0 Å². The zero-order chi connectivity index (χ0) is 17.0. The molecule has 1 atom stereocenters. The van der Waals surface area contributed by atoms with E-state index >= 15 is 0 Å². The maximum atomic E-state index is 12.1. The standard InChI is InChI=1S/C13H14N4O5S/c1-14-13-16-12(19)10(23-13)6-11(18)15-8-4-3-7(17(20)21)5-9(8)22-2/h3-5,10H,6H2,1-2H3,(H,15,18)(H,14,16,19)/t10-/m1/s1. The third-order valence-electron chi connectivity index (χ3n) is 3.02. The van der Waals surface area contributed by atoms with Gasteiger partial charge in [0.05, 0.1) is 23.8 Å². The summed E-state index contributed by atoms with van der Waals surface area (Å²) in [5.74, 6) is -0.504. The maximum Gasteiger partial charge on any atom is 0.273 e. The van der Waals surface area contributed by atoms with Crippen molar-refractivity contribution in [3.8, 4) is 5.75 Å². The van der Waals surface area contributed by atoms with Crippen LogP contribution >= 0.6 is 11.8 Å². The normalized spacial score (nSPS) is 18.6.